The SMILES string of the molecule is Cc1ccc(C(N)=O)cc1NC(=O)NCC(=O)Nc1cc(Cl)ccc1Cl. The molecule has 2 rings (SSSR count). The summed E-state index contributed by atoms with van der Waals surface area (Å²) in [6, 6.07) is 8.71. The van der Waals surface area contributed by atoms with E-state index < -0.39 is 17.8 Å². The minimum atomic E-state index is -0.609. The molecule has 0 heterocycles. The van der Waals surface area contributed by atoms with Crippen molar-refractivity contribution in [3.63, 3.8) is 0 Å². The lowest BCUT2D eigenvalue weighted by Gasteiger charge is -2.11. The van der Waals surface area contributed by atoms with Gasteiger partial charge in [-0.2, -0.15) is 0 Å². The normalized spacial score (nSPS) is 10.1. The van der Waals surface area contributed by atoms with E-state index in [1.807, 2.05) is 0 Å². The van der Waals surface area contributed by atoms with E-state index in [-0.39, 0.29) is 12.1 Å². The van der Waals surface area contributed by atoms with Crippen LogP contribution in [-0.2, 0) is 4.79 Å². The van der Waals surface area contributed by atoms with Gasteiger partial charge in [-0.25, -0.2) is 4.79 Å². The van der Waals surface area contributed by atoms with E-state index in [4.69, 9.17) is 28.9 Å². The number of hydrogen-bond acceptors (Lipinski definition) is 3. The molecule has 0 radical (unpaired) electrons. The van der Waals surface area contributed by atoms with Crippen molar-refractivity contribution < 1.29 is 14.4 Å². The molecular formula is C17H16Cl2N4O3. The summed E-state index contributed by atoms with van der Waals surface area (Å²) in [6.45, 7) is 1.47. The molecule has 0 aliphatic carbocycles. The number of halogens is 2. The van der Waals surface area contributed by atoms with Crippen molar-refractivity contribution >= 4 is 52.4 Å². The Morgan fingerprint density at radius 2 is 1.73 bits per heavy atom. The zero-order valence-corrected chi connectivity index (χ0v) is 15.2. The summed E-state index contributed by atoms with van der Waals surface area (Å²) in [7, 11) is 0. The van der Waals surface area contributed by atoms with Crippen LogP contribution >= 0.6 is 23.2 Å². The summed E-state index contributed by atoms with van der Waals surface area (Å²) in [4.78, 5) is 35.1. The number of carbonyl (C=O) groups excluding carboxylic acids is 3. The number of amides is 4. The van der Waals surface area contributed by atoms with E-state index in [2.05, 4.69) is 16.0 Å². The summed E-state index contributed by atoms with van der Waals surface area (Å²) in [5, 5.41) is 8.26. The molecule has 136 valence electrons. The first kappa shape index (κ1) is 19.6. The van der Waals surface area contributed by atoms with Crippen molar-refractivity contribution in [2.24, 2.45) is 5.73 Å². The van der Waals surface area contributed by atoms with Gasteiger partial charge in [0.1, 0.15) is 0 Å². The Morgan fingerprint density at radius 3 is 2.42 bits per heavy atom. The fraction of sp³-hybridized carbons (Fsp3) is 0.118. The Balaban J connectivity index is 1.92. The van der Waals surface area contributed by atoms with Gasteiger partial charge in [0, 0.05) is 16.3 Å². The third kappa shape index (κ3) is 5.37. The number of rotatable bonds is 5. The largest absolute Gasteiger partial charge is 0.366 e. The molecule has 26 heavy (non-hydrogen) atoms. The maximum Gasteiger partial charge on any atom is 0.319 e. The van der Waals surface area contributed by atoms with E-state index in [1.54, 1.807) is 31.2 Å². The van der Waals surface area contributed by atoms with Gasteiger partial charge in [-0.1, -0.05) is 29.3 Å². The summed E-state index contributed by atoms with van der Waals surface area (Å²) < 4.78 is 0. The Bertz CT molecular complexity index is 871. The van der Waals surface area contributed by atoms with E-state index in [0.29, 0.717) is 21.4 Å². The molecule has 7 nitrogen and oxygen atoms in total. The van der Waals surface area contributed by atoms with Crippen molar-refractivity contribution in [1.29, 1.82) is 0 Å². The van der Waals surface area contributed by atoms with E-state index in [9.17, 15) is 14.4 Å². The van der Waals surface area contributed by atoms with Gasteiger partial charge >= 0.3 is 6.03 Å². The maximum absolute atomic E-state index is 12.0. The van der Waals surface area contributed by atoms with Crippen molar-refractivity contribution in [1.82, 2.24) is 5.32 Å². The van der Waals surface area contributed by atoms with Gasteiger partial charge in [-0.15, -0.1) is 0 Å². The third-order valence-corrected chi connectivity index (χ3v) is 3.95. The van der Waals surface area contributed by atoms with Crippen molar-refractivity contribution in [2.75, 3.05) is 17.2 Å². The molecular weight excluding hydrogens is 379 g/mol. The molecule has 0 aromatic heterocycles. The molecule has 4 amide bonds. The summed E-state index contributed by atoms with van der Waals surface area (Å²) in [5.74, 6) is -1.09. The Hall–Kier alpha value is -2.77. The number of nitrogens with one attached hydrogen (secondary N) is 3. The van der Waals surface area contributed by atoms with Crippen LogP contribution in [0.15, 0.2) is 36.4 Å². The minimum Gasteiger partial charge on any atom is -0.366 e. The highest BCUT2D eigenvalue weighted by Crippen LogP contribution is 2.25. The van der Waals surface area contributed by atoms with Gasteiger partial charge in [0.25, 0.3) is 0 Å². The Labute approximate surface area is 159 Å². The highest BCUT2D eigenvalue weighted by atomic mass is 35.5. The van der Waals surface area contributed by atoms with Crippen LogP contribution < -0.4 is 21.7 Å². The second kappa shape index (κ2) is 8.55. The second-order valence-electron chi connectivity index (χ2n) is 5.37. The zero-order valence-electron chi connectivity index (χ0n) is 13.7. The van der Waals surface area contributed by atoms with E-state index >= 15 is 0 Å². The molecule has 0 fully saturated rings. The molecule has 0 unspecified atom stereocenters. The first-order chi connectivity index (χ1) is 12.3. The fourth-order valence-corrected chi connectivity index (χ4v) is 2.36. The topological polar surface area (TPSA) is 113 Å². The van der Waals surface area contributed by atoms with Crippen LogP contribution in [0, 0.1) is 6.92 Å². The molecule has 5 N–H and O–H groups in total. The predicted molar refractivity (Wildman–Crippen MR) is 102 cm³/mol. The summed E-state index contributed by atoms with van der Waals surface area (Å²) in [5.41, 5.74) is 6.98. The molecule has 0 aliphatic heterocycles. The highest BCUT2D eigenvalue weighted by molar-refractivity contribution is 6.35. The average molecular weight is 395 g/mol. The average Bonchev–Trinajstić information content (AvgIpc) is 2.58. The zero-order chi connectivity index (χ0) is 19.3. The molecule has 0 saturated carbocycles. The molecule has 0 saturated heterocycles. The highest BCUT2D eigenvalue weighted by Gasteiger charge is 2.11. The smallest absolute Gasteiger partial charge is 0.319 e. The number of benzene rings is 2. The number of urea groups is 1. The van der Waals surface area contributed by atoms with Crippen molar-refractivity contribution in [3.05, 3.63) is 57.6 Å². The number of carbonyl (C=O) groups is 3. The predicted octanol–water partition coefficient (Wildman–Crippen LogP) is 3.16. The molecule has 0 spiro atoms. The van der Waals surface area contributed by atoms with Crippen LogP contribution in [0.1, 0.15) is 15.9 Å². The first-order valence-corrected chi connectivity index (χ1v) is 8.22. The van der Waals surface area contributed by atoms with Gasteiger partial charge in [0.15, 0.2) is 0 Å². The molecule has 0 atom stereocenters. The van der Waals surface area contributed by atoms with Crippen LogP contribution in [0.5, 0.6) is 0 Å². The Kier molecular flexibility index (Phi) is 6.43. The first-order valence-electron chi connectivity index (χ1n) is 7.46. The number of nitrogens with two attached hydrogens (primary N) is 1. The summed E-state index contributed by atoms with van der Waals surface area (Å²) >= 11 is 11.8. The Morgan fingerprint density at radius 1 is 1.00 bits per heavy atom. The fourth-order valence-electron chi connectivity index (χ4n) is 2.02. The van der Waals surface area contributed by atoms with E-state index in [1.165, 1.54) is 12.1 Å². The van der Waals surface area contributed by atoms with E-state index in [0.717, 1.165) is 5.56 Å². The summed E-state index contributed by atoms with van der Waals surface area (Å²) in [6.07, 6.45) is 0. The number of hydrogen-bond donors (Lipinski definition) is 4. The molecule has 2 aromatic rings. The van der Waals surface area contributed by atoms with Gasteiger partial charge in [-0.05, 0) is 42.8 Å². The van der Waals surface area contributed by atoms with Gasteiger partial charge in [0.2, 0.25) is 11.8 Å². The van der Waals surface area contributed by atoms with Gasteiger partial charge in [0.05, 0.1) is 17.3 Å². The lowest BCUT2D eigenvalue weighted by atomic mass is 10.1. The quantitative estimate of drug-likeness (QED) is 0.624. The van der Waals surface area contributed by atoms with Gasteiger partial charge in [-0.3, -0.25) is 9.59 Å². The molecule has 0 bridgehead atoms. The van der Waals surface area contributed by atoms with Crippen LogP contribution in [0.25, 0.3) is 0 Å². The van der Waals surface area contributed by atoms with Gasteiger partial charge < -0.3 is 21.7 Å². The molecule has 2 aromatic carbocycles. The number of primary amides is 1. The maximum atomic E-state index is 12.0. The monoisotopic (exact) mass is 394 g/mol. The van der Waals surface area contributed by atoms with Crippen molar-refractivity contribution in [3.8, 4) is 0 Å². The lowest BCUT2D eigenvalue weighted by molar-refractivity contribution is -0.115. The lowest BCUT2D eigenvalue weighted by Crippen LogP contribution is -2.36. The number of anilines is 2. The number of aryl methyl sites for hydroxylation is 1. The molecule has 9 heteroatoms. The van der Waals surface area contributed by atoms with Crippen LogP contribution in [0.2, 0.25) is 10.0 Å². The minimum absolute atomic E-state index is 0.263. The van der Waals surface area contributed by atoms with Crippen LogP contribution in [0.4, 0.5) is 16.2 Å². The third-order valence-electron chi connectivity index (χ3n) is 3.38. The van der Waals surface area contributed by atoms with Crippen molar-refractivity contribution in [2.45, 2.75) is 6.92 Å². The second-order valence-corrected chi connectivity index (χ2v) is 6.22. The van der Waals surface area contributed by atoms with Crippen LogP contribution in [-0.4, -0.2) is 24.4 Å². The standard InChI is InChI=1S/C17H16Cl2N4O3/c1-9-2-3-10(16(20)25)6-13(9)23-17(26)21-8-15(24)22-14-7-11(18)4-5-12(14)19/h2-7H,8H2,1H3,(H2,20,25)(H,22,24)(H2,21,23,26). The molecule has 0 aliphatic rings. The van der Waals surface area contributed by atoms with Crippen LogP contribution in [0.3, 0.4) is 0 Å².